The second-order valence-corrected chi connectivity index (χ2v) is 7.50. The molecular formula is C22H29N3O6. The fraction of sp³-hybridized carbons (Fsp3) is 0.500. The molecular weight excluding hydrogens is 402 g/mol. The fourth-order valence-electron chi connectivity index (χ4n) is 4.47. The van der Waals surface area contributed by atoms with E-state index in [1.54, 1.807) is 25.2 Å². The van der Waals surface area contributed by atoms with E-state index in [0.717, 1.165) is 17.6 Å². The zero-order valence-electron chi connectivity index (χ0n) is 18.3. The maximum Gasteiger partial charge on any atom is 0.336 e. The van der Waals surface area contributed by atoms with E-state index in [9.17, 15) is 14.4 Å². The summed E-state index contributed by atoms with van der Waals surface area (Å²) >= 11 is 0. The number of nitrogens with zero attached hydrogens (tertiary/aromatic N) is 1. The van der Waals surface area contributed by atoms with Crippen molar-refractivity contribution in [3.8, 4) is 11.5 Å². The van der Waals surface area contributed by atoms with E-state index in [2.05, 4.69) is 10.6 Å². The maximum atomic E-state index is 12.9. The lowest BCUT2D eigenvalue weighted by atomic mass is 9.88. The van der Waals surface area contributed by atoms with Crippen LogP contribution in [0.2, 0.25) is 0 Å². The number of amides is 3. The van der Waals surface area contributed by atoms with Crippen molar-refractivity contribution in [2.24, 2.45) is 0 Å². The average molecular weight is 431 g/mol. The van der Waals surface area contributed by atoms with Crippen molar-refractivity contribution in [3.05, 3.63) is 29.3 Å². The summed E-state index contributed by atoms with van der Waals surface area (Å²) in [5.41, 5.74) is 2.06. The molecule has 0 unspecified atom stereocenters. The molecule has 31 heavy (non-hydrogen) atoms. The number of methoxy groups -OCH3 is 3. The summed E-state index contributed by atoms with van der Waals surface area (Å²) in [6.07, 6.45) is 1.95. The molecule has 2 N–H and O–H groups in total. The molecule has 9 heteroatoms. The minimum absolute atomic E-state index is 0.0509. The van der Waals surface area contributed by atoms with Gasteiger partial charge in [-0.1, -0.05) is 12.1 Å². The van der Waals surface area contributed by atoms with Crippen LogP contribution < -0.4 is 20.1 Å². The maximum absolute atomic E-state index is 12.9. The predicted octanol–water partition coefficient (Wildman–Crippen LogP) is 1.71. The second-order valence-electron chi connectivity index (χ2n) is 7.50. The third kappa shape index (κ3) is 4.45. The number of nitrogens with one attached hydrogen (secondary N) is 2. The van der Waals surface area contributed by atoms with Gasteiger partial charge in [0, 0.05) is 31.6 Å². The molecule has 1 aromatic carbocycles. The molecule has 1 aromatic rings. The van der Waals surface area contributed by atoms with Crippen LogP contribution in [0.15, 0.2) is 23.8 Å². The topological polar surface area (TPSA) is 106 Å². The van der Waals surface area contributed by atoms with Crippen molar-refractivity contribution in [2.75, 3.05) is 34.4 Å². The molecule has 0 saturated carbocycles. The van der Waals surface area contributed by atoms with Crippen molar-refractivity contribution < 1.29 is 28.6 Å². The van der Waals surface area contributed by atoms with Crippen LogP contribution in [0.1, 0.15) is 31.7 Å². The number of esters is 1. The lowest BCUT2D eigenvalue weighted by molar-refractivity contribution is -0.136. The van der Waals surface area contributed by atoms with Gasteiger partial charge in [-0.25, -0.2) is 9.59 Å². The minimum Gasteiger partial charge on any atom is -0.493 e. The van der Waals surface area contributed by atoms with Crippen LogP contribution in [0.4, 0.5) is 4.79 Å². The number of carbonyl (C=O) groups excluding carboxylic acids is 3. The van der Waals surface area contributed by atoms with E-state index in [0.29, 0.717) is 43.0 Å². The molecule has 2 atom stereocenters. The molecule has 2 bridgehead atoms. The van der Waals surface area contributed by atoms with E-state index in [1.807, 2.05) is 12.1 Å². The summed E-state index contributed by atoms with van der Waals surface area (Å²) in [6.45, 7) is 2.08. The Morgan fingerprint density at radius 1 is 1.06 bits per heavy atom. The molecule has 0 radical (unpaired) electrons. The molecule has 2 aliphatic heterocycles. The normalized spacial score (nSPS) is 19.7. The highest BCUT2D eigenvalue weighted by Crippen LogP contribution is 2.47. The molecule has 3 rings (SSSR count). The number of rotatable bonds is 7. The minimum atomic E-state index is -0.457. The summed E-state index contributed by atoms with van der Waals surface area (Å²) in [7, 11) is 4.47. The molecule has 2 heterocycles. The van der Waals surface area contributed by atoms with E-state index < -0.39 is 12.0 Å². The second kappa shape index (κ2) is 9.72. The first-order valence-corrected chi connectivity index (χ1v) is 10.3. The van der Waals surface area contributed by atoms with Crippen LogP contribution in [-0.4, -0.2) is 69.3 Å². The van der Waals surface area contributed by atoms with Crippen molar-refractivity contribution >= 4 is 23.5 Å². The van der Waals surface area contributed by atoms with E-state index in [4.69, 9.17) is 14.2 Å². The first kappa shape index (κ1) is 22.5. The van der Waals surface area contributed by atoms with Gasteiger partial charge in [0.25, 0.3) is 0 Å². The number of benzene rings is 1. The third-order valence-electron chi connectivity index (χ3n) is 5.74. The monoisotopic (exact) mass is 431 g/mol. The number of hydrogen-bond donors (Lipinski definition) is 2. The Morgan fingerprint density at radius 2 is 1.81 bits per heavy atom. The molecule has 0 spiro atoms. The largest absolute Gasteiger partial charge is 0.493 e. The molecule has 2 aliphatic rings. The van der Waals surface area contributed by atoms with Gasteiger partial charge in [-0.05, 0) is 30.9 Å². The van der Waals surface area contributed by atoms with E-state index >= 15 is 0 Å². The number of urea groups is 1. The van der Waals surface area contributed by atoms with E-state index in [-0.39, 0.29) is 18.0 Å². The number of para-hydroxylation sites is 1. The van der Waals surface area contributed by atoms with Gasteiger partial charge in [0.1, 0.15) is 0 Å². The van der Waals surface area contributed by atoms with E-state index in [1.165, 1.54) is 14.0 Å². The molecule has 168 valence electrons. The highest BCUT2D eigenvalue weighted by Gasteiger charge is 2.47. The Morgan fingerprint density at radius 3 is 2.45 bits per heavy atom. The van der Waals surface area contributed by atoms with Gasteiger partial charge in [0.2, 0.25) is 5.91 Å². The Hall–Kier alpha value is -3.23. The number of ether oxygens (including phenoxy) is 3. The quantitative estimate of drug-likeness (QED) is 0.503. The average Bonchev–Trinajstić information content (AvgIpc) is 3.08. The SMILES string of the molecule is COC(=O)C1=C(c2cccc(OC)c2OC)C[C@@H]2CC[C@H]1N2C(=O)NCCNC(C)=O. The van der Waals surface area contributed by atoms with Gasteiger partial charge in [-0.3, -0.25) is 4.79 Å². The highest BCUT2D eigenvalue weighted by atomic mass is 16.5. The number of hydrogen-bond acceptors (Lipinski definition) is 6. The van der Waals surface area contributed by atoms with Gasteiger partial charge >= 0.3 is 12.0 Å². The van der Waals surface area contributed by atoms with Crippen molar-refractivity contribution in [1.82, 2.24) is 15.5 Å². The molecule has 0 aliphatic carbocycles. The van der Waals surface area contributed by atoms with Gasteiger partial charge in [0.15, 0.2) is 11.5 Å². The molecule has 0 aromatic heterocycles. The van der Waals surface area contributed by atoms with Crippen molar-refractivity contribution in [2.45, 2.75) is 38.3 Å². The Bertz CT molecular complexity index is 897. The van der Waals surface area contributed by atoms with Crippen LogP contribution in [-0.2, 0) is 14.3 Å². The molecule has 1 saturated heterocycles. The Kier molecular flexibility index (Phi) is 7.04. The van der Waals surface area contributed by atoms with Gasteiger partial charge in [-0.15, -0.1) is 0 Å². The number of carbonyl (C=O) groups is 3. The smallest absolute Gasteiger partial charge is 0.336 e. The van der Waals surface area contributed by atoms with Crippen LogP contribution in [0.25, 0.3) is 5.57 Å². The first-order chi connectivity index (χ1) is 14.9. The summed E-state index contributed by atoms with van der Waals surface area (Å²) in [5.74, 6) is 0.512. The molecule has 9 nitrogen and oxygen atoms in total. The standard InChI is InChI=1S/C22H29N3O6/c1-13(26)23-10-11-24-22(28)25-14-8-9-17(25)19(21(27)31-4)16(12-14)15-6-5-7-18(29-2)20(15)30-3/h5-7,14,17H,8-12H2,1-4H3,(H,23,26)(H,24,28)/t14-,17+/m0/s1. The van der Waals surface area contributed by atoms with Crippen LogP contribution >= 0.6 is 0 Å². The summed E-state index contributed by atoms with van der Waals surface area (Å²) < 4.78 is 16.1. The van der Waals surface area contributed by atoms with Crippen LogP contribution in [0.3, 0.4) is 0 Å². The predicted molar refractivity (Wildman–Crippen MR) is 114 cm³/mol. The fourth-order valence-corrected chi connectivity index (χ4v) is 4.47. The summed E-state index contributed by atoms with van der Waals surface area (Å²) in [5, 5.41) is 5.48. The Balaban J connectivity index is 1.95. The molecule has 3 amide bonds. The highest BCUT2D eigenvalue weighted by molar-refractivity contribution is 6.01. The number of fused-ring (bicyclic) bond motifs is 2. The lowest BCUT2D eigenvalue weighted by Crippen LogP contribution is -2.51. The Labute approximate surface area is 181 Å². The van der Waals surface area contributed by atoms with Gasteiger partial charge < -0.3 is 29.7 Å². The summed E-state index contributed by atoms with van der Waals surface area (Å²) in [6, 6.07) is 4.84. The molecule has 1 fully saturated rings. The lowest BCUT2D eigenvalue weighted by Gasteiger charge is -2.37. The first-order valence-electron chi connectivity index (χ1n) is 10.3. The van der Waals surface area contributed by atoms with Crippen LogP contribution in [0.5, 0.6) is 11.5 Å². The van der Waals surface area contributed by atoms with Crippen molar-refractivity contribution in [3.63, 3.8) is 0 Å². The third-order valence-corrected chi connectivity index (χ3v) is 5.74. The van der Waals surface area contributed by atoms with Gasteiger partial charge in [-0.2, -0.15) is 0 Å². The zero-order chi connectivity index (χ0) is 22.5. The zero-order valence-corrected chi connectivity index (χ0v) is 18.3. The van der Waals surface area contributed by atoms with Crippen molar-refractivity contribution in [1.29, 1.82) is 0 Å². The summed E-state index contributed by atoms with van der Waals surface area (Å²) in [4.78, 5) is 38.5. The van der Waals surface area contributed by atoms with Gasteiger partial charge in [0.05, 0.1) is 32.9 Å². The van der Waals surface area contributed by atoms with Crippen LogP contribution in [0, 0.1) is 0 Å².